The van der Waals surface area contributed by atoms with Crippen LogP contribution in [-0.4, -0.2) is 46.9 Å². The lowest BCUT2D eigenvalue weighted by molar-refractivity contribution is 0.149. The number of rotatable bonds is 5. The molecule has 0 radical (unpaired) electrons. The Bertz CT molecular complexity index is 139. The van der Waals surface area contributed by atoms with Gasteiger partial charge in [-0.25, -0.2) is 4.79 Å². The highest BCUT2D eigenvalue weighted by Crippen LogP contribution is 1.94. The van der Waals surface area contributed by atoms with E-state index in [0.717, 1.165) is 0 Å². The summed E-state index contributed by atoms with van der Waals surface area (Å²) in [6, 6.07) is -0.565. The van der Waals surface area contributed by atoms with Gasteiger partial charge in [-0.1, -0.05) is 0 Å². The Morgan fingerprint density at radius 1 is 1.58 bits per heavy atom. The van der Waals surface area contributed by atoms with E-state index < -0.39 is 12.1 Å². The molecule has 5 heteroatoms. The van der Waals surface area contributed by atoms with Crippen molar-refractivity contribution in [2.45, 2.75) is 19.4 Å². The number of hydrogen-bond acceptors (Lipinski definition) is 3. The van der Waals surface area contributed by atoms with Crippen LogP contribution in [0.1, 0.15) is 13.3 Å². The Labute approximate surface area is 71.8 Å². The standard InChI is InChI=1S/C7H16N2O3/c1-6(11)2-3-9(4-5-10)7(8)12/h6,10-11H,2-5H2,1H3,(H2,8,12). The molecule has 0 aromatic rings. The second kappa shape index (κ2) is 5.79. The Morgan fingerprint density at radius 3 is 2.50 bits per heavy atom. The van der Waals surface area contributed by atoms with Crippen LogP contribution >= 0.6 is 0 Å². The third kappa shape index (κ3) is 4.92. The van der Waals surface area contributed by atoms with Crippen molar-refractivity contribution < 1.29 is 15.0 Å². The number of carbonyl (C=O) groups excluding carboxylic acids is 1. The number of primary amides is 1. The molecule has 0 aliphatic heterocycles. The van der Waals surface area contributed by atoms with Crippen molar-refractivity contribution in [1.29, 1.82) is 0 Å². The summed E-state index contributed by atoms with van der Waals surface area (Å²) in [5, 5.41) is 17.4. The molecule has 5 nitrogen and oxygen atoms in total. The summed E-state index contributed by atoms with van der Waals surface area (Å²) in [5.41, 5.74) is 5.00. The summed E-state index contributed by atoms with van der Waals surface area (Å²) < 4.78 is 0. The maximum atomic E-state index is 10.7. The van der Waals surface area contributed by atoms with Crippen LogP contribution in [0, 0.1) is 0 Å². The molecular weight excluding hydrogens is 160 g/mol. The second-order valence-corrected chi connectivity index (χ2v) is 2.69. The normalized spacial score (nSPS) is 12.6. The van der Waals surface area contributed by atoms with Gasteiger partial charge in [0.25, 0.3) is 0 Å². The number of aliphatic hydroxyl groups excluding tert-OH is 2. The lowest BCUT2D eigenvalue weighted by Crippen LogP contribution is -2.39. The molecule has 0 saturated heterocycles. The van der Waals surface area contributed by atoms with Gasteiger partial charge in [-0.05, 0) is 13.3 Å². The first-order chi connectivity index (χ1) is 5.57. The maximum Gasteiger partial charge on any atom is 0.314 e. The van der Waals surface area contributed by atoms with E-state index in [9.17, 15) is 4.79 Å². The molecule has 1 unspecified atom stereocenters. The van der Waals surface area contributed by atoms with Crippen LogP contribution in [0.25, 0.3) is 0 Å². The first-order valence-electron chi connectivity index (χ1n) is 3.91. The van der Waals surface area contributed by atoms with Crippen LogP contribution in [0.4, 0.5) is 4.79 Å². The third-order valence-electron chi connectivity index (χ3n) is 1.50. The Morgan fingerprint density at radius 2 is 2.17 bits per heavy atom. The molecule has 72 valence electrons. The Hall–Kier alpha value is -0.810. The summed E-state index contributed by atoms with van der Waals surface area (Å²) in [7, 11) is 0. The summed E-state index contributed by atoms with van der Waals surface area (Å²) in [4.78, 5) is 12.0. The summed E-state index contributed by atoms with van der Waals surface area (Å²) in [6.45, 7) is 2.14. The van der Waals surface area contributed by atoms with E-state index in [-0.39, 0.29) is 13.2 Å². The number of hydrogen-bond donors (Lipinski definition) is 3. The van der Waals surface area contributed by atoms with E-state index in [2.05, 4.69) is 0 Å². The molecule has 0 bridgehead atoms. The van der Waals surface area contributed by atoms with Crippen LogP contribution < -0.4 is 5.73 Å². The zero-order chi connectivity index (χ0) is 9.56. The number of aliphatic hydroxyl groups is 2. The lowest BCUT2D eigenvalue weighted by Gasteiger charge is -2.19. The third-order valence-corrected chi connectivity index (χ3v) is 1.50. The van der Waals surface area contributed by atoms with Gasteiger partial charge < -0.3 is 20.8 Å². The van der Waals surface area contributed by atoms with Crippen LogP contribution in [0.15, 0.2) is 0 Å². The van der Waals surface area contributed by atoms with Crippen LogP contribution in [0.3, 0.4) is 0 Å². The van der Waals surface area contributed by atoms with Gasteiger partial charge in [0.2, 0.25) is 0 Å². The minimum atomic E-state index is -0.565. The van der Waals surface area contributed by atoms with Crippen LogP contribution in [0.2, 0.25) is 0 Å². The number of nitrogens with two attached hydrogens (primary N) is 1. The number of urea groups is 1. The smallest absolute Gasteiger partial charge is 0.314 e. The lowest BCUT2D eigenvalue weighted by atomic mass is 10.3. The van der Waals surface area contributed by atoms with Crippen LogP contribution in [-0.2, 0) is 0 Å². The van der Waals surface area contributed by atoms with Gasteiger partial charge in [-0.15, -0.1) is 0 Å². The van der Waals surface area contributed by atoms with E-state index in [0.29, 0.717) is 13.0 Å². The van der Waals surface area contributed by atoms with Gasteiger partial charge in [0.15, 0.2) is 0 Å². The van der Waals surface area contributed by atoms with Crippen molar-refractivity contribution in [3.63, 3.8) is 0 Å². The summed E-state index contributed by atoms with van der Waals surface area (Å²) in [6.07, 6.45) is 0.0219. The molecule has 0 aliphatic rings. The van der Waals surface area contributed by atoms with E-state index in [1.807, 2.05) is 0 Å². The molecule has 0 aromatic heterocycles. The Balaban J connectivity index is 3.71. The fourth-order valence-corrected chi connectivity index (χ4v) is 0.796. The van der Waals surface area contributed by atoms with Crippen LogP contribution in [0.5, 0.6) is 0 Å². The van der Waals surface area contributed by atoms with E-state index in [1.54, 1.807) is 6.92 Å². The highest BCUT2D eigenvalue weighted by molar-refractivity contribution is 5.71. The first kappa shape index (κ1) is 11.2. The highest BCUT2D eigenvalue weighted by Gasteiger charge is 2.08. The molecule has 0 aliphatic carbocycles. The molecule has 0 heterocycles. The fourth-order valence-electron chi connectivity index (χ4n) is 0.796. The minimum Gasteiger partial charge on any atom is -0.395 e. The molecule has 12 heavy (non-hydrogen) atoms. The quantitative estimate of drug-likeness (QED) is 0.509. The predicted octanol–water partition coefficient (Wildman–Crippen LogP) is -0.870. The number of carbonyl (C=O) groups is 1. The van der Waals surface area contributed by atoms with Gasteiger partial charge in [-0.2, -0.15) is 0 Å². The van der Waals surface area contributed by atoms with E-state index in [1.165, 1.54) is 4.90 Å². The molecule has 2 amide bonds. The summed E-state index contributed by atoms with van der Waals surface area (Å²) >= 11 is 0. The average molecular weight is 176 g/mol. The van der Waals surface area contributed by atoms with Gasteiger partial charge in [0.1, 0.15) is 0 Å². The maximum absolute atomic E-state index is 10.7. The largest absolute Gasteiger partial charge is 0.395 e. The van der Waals surface area contributed by atoms with Crippen molar-refractivity contribution in [3.8, 4) is 0 Å². The predicted molar refractivity (Wildman–Crippen MR) is 44.5 cm³/mol. The van der Waals surface area contributed by atoms with Gasteiger partial charge in [-0.3, -0.25) is 0 Å². The molecule has 1 atom stereocenters. The number of amides is 2. The van der Waals surface area contributed by atoms with Gasteiger partial charge in [0.05, 0.1) is 12.7 Å². The van der Waals surface area contributed by atoms with E-state index >= 15 is 0 Å². The topological polar surface area (TPSA) is 86.8 Å². The zero-order valence-electron chi connectivity index (χ0n) is 7.23. The fraction of sp³-hybridized carbons (Fsp3) is 0.857. The molecule has 0 fully saturated rings. The van der Waals surface area contributed by atoms with Crippen molar-refractivity contribution in [1.82, 2.24) is 4.90 Å². The highest BCUT2D eigenvalue weighted by atomic mass is 16.3. The number of nitrogens with zero attached hydrogens (tertiary/aromatic N) is 1. The minimum absolute atomic E-state index is 0.108. The zero-order valence-corrected chi connectivity index (χ0v) is 7.23. The molecule has 4 N–H and O–H groups in total. The van der Waals surface area contributed by atoms with Gasteiger partial charge in [0, 0.05) is 13.1 Å². The molecular formula is C7H16N2O3. The van der Waals surface area contributed by atoms with Crippen molar-refractivity contribution >= 4 is 6.03 Å². The molecule has 0 spiro atoms. The SMILES string of the molecule is CC(O)CCN(CCO)C(N)=O. The summed E-state index contributed by atoms with van der Waals surface area (Å²) in [5.74, 6) is 0. The average Bonchev–Trinajstić information content (AvgIpc) is 1.96. The molecule has 0 rings (SSSR count). The molecule has 0 aromatic carbocycles. The van der Waals surface area contributed by atoms with Crippen molar-refractivity contribution in [2.75, 3.05) is 19.7 Å². The first-order valence-corrected chi connectivity index (χ1v) is 3.91. The monoisotopic (exact) mass is 176 g/mol. The second-order valence-electron chi connectivity index (χ2n) is 2.69. The Kier molecular flexibility index (Phi) is 5.40. The molecule has 0 saturated carbocycles. The van der Waals surface area contributed by atoms with E-state index in [4.69, 9.17) is 15.9 Å². The van der Waals surface area contributed by atoms with Crippen molar-refractivity contribution in [2.24, 2.45) is 5.73 Å². The van der Waals surface area contributed by atoms with Gasteiger partial charge >= 0.3 is 6.03 Å². The van der Waals surface area contributed by atoms with Crippen molar-refractivity contribution in [3.05, 3.63) is 0 Å².